The third-order valence-electron chi connectivity index (χ3n) is 4.09. The summed E-state index contributed by atoms with van der Waals surface area (Å²) in [4.78, 5) is 12.1. The number of hydrogen-bond donors (Lipinski definition) is 2. The lowest BCUT2D eigenvalue weighted by molar-refractivity contribution is -0.122. The fraction of sp³-hybridized carbons (Fsp3) is 0.588. The van der Waals surface area contributed by atoms with E-state index >= 15 is 0 Å². The molecule has 1 amide bonds. The molecule has 0 aliphatic carbocycles. The molecule has 0 saturated heterocycles. The fourth-order valence-electron chi connectivity index (χ4n) is 2.96. The van der Waals surface area contributed by atoms with E-state index in [4.69, 9.17) is 10.5 Å². The smallest absolute Gasteiger partial charge is 0.220 e. The Morgan fingerprint density at radius 2 is 2.19 bits per heavy atom. The second kappa shape index (κ2) is 8.03. The number of amides is 1. The zero-order chi connectivity index (χ0) is 15.1. The number of ether oxygens (including phenoxy) is 1. The van der Waals surface area contributed by atoms with Gasteiger partial charge in [0.2, 0.25) is 5.91 Å². The van der Waals surface area contributed by atoms with Crippen LogP contribution in [0.3, 0.4) is 0 Å². The van der Waals surface area contributed by atoms with E-state index in [9.17, 15) is 4.79 Å². The van der Waals surface area contributed by atoms with Gasteiger partial charge in [-0.1, -0.05) is 38.0 Å². The standard InChI is InChI=1S/C17H26N2O2/c1-2-5-13(10-11-18)8-9-17(20)19-15-12-21-16-7-4-3-6-14(15)16/h3-4,6-7,13,15H,2,5,8-12,18H2,1H3,(H,19,20). The number of benzene rings is 1. The van der Waals surface area contributed by atoms with Gasteiger partial charge in [-0.15, -0.1) is 0 Å². The SMILES string of the molecule is CCCC(CCN)CCC(=O)NC1COc2ccccc21. The number of carbonyl (C=O) groups excluding carboxylic acids is 1. The van der Waals surface area contributed by atoms with Crippen LogP contribution in [-0.2, 0) is 4.79 Å². The highest BCUT2D eigenvalue weighted by molar-refractivity contribution is 5.76. The third-order valence-corrected chi connectivity index (χ3v) is 4.09. The van der Waals surface area contributed by atoms with E-state index in [0.29, 0.717) is 25.5 Å². The molecular formula is C17H26N2O2. The van der Waals surface area contributed by atoms with Gasteiger partial charge in [0.05, 0.1) is 6.04 Å². The van der Waals surface area contributed by atoms with Crippen LogP contribution in [-0.4, -0.2) is 19.1 Å². The van der Waals surface area contributed by atoms with Crippen molar-refractivity contribution in [2.24, 2.45) is 11.7 Å². The number of para-hydroxylation sites is 1. The quantitative estimate of drug-likeness (QED) is 0.774. The number of carbonyl (C=O) groups is 1. The van der Waals surface area contributed by atoms with Gasteiger partial charge in [-0.05, 0) is 31.4 Å². The van der Waals surface area contributed by atoms with Crippen LogP contribution in [0, 0.1) is 5.92 Å². The Morgan fingerprint density at radius 1 is 1.38 bits per heavy atom. The van der Waals surface area contributed by atoms with Crippen LogP contribution in [0.25, 0.3) is 0 Å². The largest absolute Gasteiger partial charge is 0.491 e. The normalized spacial score (nSPS) is 17.9. The van der Waals surface area contributed by atoms with Crippen LogP contribution in [0.2, 0.25) is 0 Å². The second-order valence-electron chi connectivity index (χ2n) is 5.74. The second-order valence-corrected chi connectivity index (χ2v) is 5.74. The Balaban J connectivity index is 1.80. The predicted octanol–water partition coefficient (Wildman–Crippen LogP) is 2.78. The maximum atomic E-state index is 12.1. The summed E-state index contributed by atoms with van der Waals surface area (Å²) in [5, 5.41) is 3.08. The summed E-state index contributed by atoms with van der Waals surface area (Å²) >= 11 is 0. The maximum Gasteiger partial charge on any atom is 0.220 e. The first-order chi connectivity index (χ1) is 10.2. The first kappa shape index (κ1) is 15.8. The van der Waals surface area contributed by atoms with Crippen molar-refractivity contribution in [2.75, 3.05) is 13.2 Å². The van der Waals surface area contributed by atoms with Crippen molar-refractivity contribution in [2.45, 2.75) is 45.1 Å². The lowest BCUT2D eigenvalue weighted by Gasteiger charge is -2.16. The monoisotopic (exact) mass is 290 g/mol. The van der Waals surface area contributed by atoms with Crippen molar-refractivity contribution in [3.8, 4) is 5.75 Å². The lowest BCUT2D eigenvalue weighted by Crippen LogP contribution is -2.29. The van der Waals surface area contributed by atoms with Gasteiger partial charge in [-0.25, -0.2) is 0 Å². The van der Waals surface area contributed by atoms with Gasteiger partial charge in [0.1, 0.15) is 12.4 Å². The molecular weight excluding hydrogens is 264 g/mol. The van der Waals surface area contributed by atoms with E-state index in [1.807, 2.05) is 24.3 Å². The molecule has 0 aromatic heterocycles. The molecule has 4 nitrogen and oxygen atoms in total. The molecule has 0 bridgehead atoms. The molecule has 116 valence electrons. The highest BCUT2D eigenvalue weighted by atomic mass is 16.5. The Kier molecular flexibility index (Phi) is 6.05. The van der Waals surface area contributed by atoms with Crippen molar-refractivity contribution < 1.29 is 9.53 Å². The van der Waals surface area contributed by atoms with Gasteiger partial charge in [0, 0.05) is 12.0 Å². The van der Waals surface area contributed by atoms with Crippen LogP contribution in [0.5, 0.6) is 5.75 Å². The number of hydrogen-bond acceptors (Lipinski definition) is 3. The topological polar surface area (TPSA) is 64.4 Å². The number of nitrogens with one attached hydrogen (secondary N) is 1. The summed E-state index contributed by atoms with van der Waals surface area (Å²) in [7, 11) is 0. The average Bonchev–Trinajstić information content (AvgIpc) is 2.89. The summed E-state index contributed by atoms with van der Waals surface area (Å²) in [6, 6.07) is 7.88. The summed E-state index contributed by atoms with van der Waals surface area (Å²) in [5.41, 5.74) is 6.72. The highest BCUT2D eigenvalue weighted by Gasteiger charge is 2.25. The average molecular weight is 290 g/mol. The fourth-order valence-corrected chi connectivity index (χ4v) is 2.96. The Labute approximate surface area is 127 Å². The third kappa shape index (κ3) is 4.46. The van der Waals surface area contributed by atoms with Crippen molar-refractivity contribution in [3.05, 3.63) is 29.8 Å². The van der Waals surface area contributed by atoms with Crippen molar-refractivity contribution in [1.82, 2.24) is 5.32 Å². The van der Waals surface area contributed by atoms with Gasteiger partial charge >= 0.3 is 0 Å². The van der Waals surface area contributed by atoms with E-state index < -0.39 is 0 Å². The van der Waals surface area contributed by atoms with Crippen LogP contribution >= 0.6 is 0 Å². The van der Waals surface area contributed by atoms with Gasteiger partial charge in [0.25, 0.3) is 0 Å². The Bertz CT molecular complexity index is 456. The number of fused-ring (bicyclic) bond motifs is 1. The van der Waals surface area contributed by atoms with Crippen LogP contribution < -0.4 is 15.8 Å². The minimum atomic E-state index is -0.00664. The first-order valence-corrected chi connectivity index (χ1v) is 7.95. The van der Waals surface area contributed by atoms with Gasteiger partial charge in [-0.3, -0.25) is 4.79 Å². The Morgan fingerprint density at radius 3 is 2.95 bits per heavy atom. The minimum Gasteiger partial charge on any atom is -0.491 e. The summed E-state index contributed by atoms with van der Waals surface area (Å²) in [5.74, 6) is 1.56. The maximum absolute atomic E-state index is 12.1. The number of nitrogens with two attached hydrogens (primary N) is 1. The molecule has 1 aromatic rings. The molecule has 0 saturated carbocycles. The molecule has 0 spiro atoms. The molecule has 1 heterocycles. The van der Waals surface area contributed by atoms with Crippen molar-refractivity contribution in [3.63, 3.8) is 0 Å². The minimum absolute atomic E-state index is 0.00664. The van der Waals surface area contributed by atoms with Crippen molar-refractivity contribution >= 4 is 5.91 Å². The van der Waals surface area contributed by atoms with Gasteiger partial charge in [0.15, 0.2) is 0 Å². The molecule has 2 atom stereocenters. The van der Waals surface area contributed by atoms with Crippen LogP contribution in [0.1, 0.15) is 50.6 Å². The van der Waals surface area contributed by atoms with E-state index in [0.717, 1.165) is 37.0 Å². The van der Waals surface area contributed by atoms with E-state index in [1.165, 1.54) is 0 Å². The molecule has 21 heavy (non-hydrogen) atoms. The van der Waals surface area contributed by atoms with Gasteiger partial charge in [-0.2, -0.15) is 0 Å². The molecule has 4 heteroatoms. The summed E-state index contributed by atoms with van der Waals surface area (Å²) in [6.45, 7) is 3.42. The molecule has 1 aliphatic rings. The lowest BCUT2D eigenvalue weighted by atomic mass is 9.94. The number of rotatable bonds is 8. The van der Waals surface area contributed by atoms with Crippen LogP contribution in [0.4, 0.5) is 0 Å². The van der Waals surface area contributed by atoms with Crippen molar-refractivity contribution in [1.29, 1.82) is 0 Å². The van der Waals surface area contributed by atoms with E-state index in [1.54, 1.807) is 0 Å². The molecule has 0 radical (unpaired) electrons. The summed E-state index contributed by atoms with van der Waals surface area (Å²) < 4.78 is 5.58. The molecule has 3 N–H and O–H groups in total. The zero-order valence-electron chi connectivity index (χ0n) is 12.8. The molecule has 2 unspecified atom stereocenters. The molecule has 1 aromatic carbocycles. The molecule has 0 fully saturated rings. The highest BCUT2D eigenvalue weighted by Crippen LogP contribution is 2.31. The first-order valence-electron chi connectivity index (χ1n) is 7.95. The van der Waals surface area contributed by atoms with Gasteiger partial charge < -0.3 is 15.8 Å². The molecule has 2 rings (SSSR count). The summed E-state index contributed by atoms with van der Waals surface area (Å²) in [6.07, 6.45) is 4.81. The zero-order valence-corrected chi connectivity index (χ0v) is 12.8. The molecule has 1 aliphatic heterocycles. The Hall–Kier alpha value is -1.55. The van der Waals surface area contributed by atoms with Crippen LogP contribution in [0.15, 0.2) is 24.3 Å². The predicted molar refractivity (Wildman–Crippen MR) is 84.1 cm³/mol. The van der Waals surface area contributed by atoms with E-state index in [-0.39, 0.29) is 11.9 Å². The van der Waals surface area contributed by atoms with E-state index in [2.05, 4.69) is 12.2 Å².